The van der Waals surface area contributed by atoms with E-state index in [4.69, 9.17) is 4.42 Å². The number of aromatic amines is 1. The monoisotopic (exact) mass is 368 g/mol. The lowest BCUT2D eigenvalue weighted by Gasteiger charge is -2.18. The average Bonchev–Trinajstić information content (AvgIpc) is 3.30. The third-order valence-corrected chi connectivity index (χ3v) is 4.16. The molecule has 0 aliphatic carbocycles. The van der Waals surface area contributed by atoms with Gasteiger partial charge in [-0.1, -0.05) is 26.0 Å². The summed E-state index contributed by atoms with van der Waals surface area (Å²) in [7, 11) is 0. The van der Waals surface area contributed by atoms with Crippen LogP contribution in [0.4, 0.5) is 0 Å². The minimum Gasteiger partial charge on any atom is -0.459 e. The SMILES string of the molecule is CC(C)C[C@@H](NC(=O)CCNC(=O)c1ccco1)c1nc2ccccc2[nH]1. The molecule has 0 radical (unpaired) electrons. The Balaban J connectivity index is 1.58. The normalized spacial score (nSPS) is 12.3. The van der Waals surface area contributed by atoms with E-state index in [1.807, 2.05) is 24.3 Å². The van der Waals surface area contributed by atoms with Gasteiger partial charge in [0.05, 0.1) is 23.3 Å². The molecule has 2 heterocycles. The molecular formula is C20H24N4O3. The van der Waals surface area contributed by atoms with Gasteiger partial charge in [-0.25, -0.2) is 4.98 Å². The molecule has 1 aromatic carbocycles. The van der Waals surface area contributed by atoms with Crippen molar-refractivity contribution in [1.82, 2.24) is 20.6 Å². The van der Waals surface area contributed by atoms with Gasteiger partial charge in [0, 0.05) is 13.0 Å². The van der Waals surface area contributed by atoms with E-state index in [1.165, 1.54) is 6.26 Å². The molecule has 2 amide bonds. The predicted octanol–water partition coefficient (Wildman–Crippen LogP) is 3.18. The van der Waals surface area contributed by atoms with E-state index in [2.05, 4.69) is 34.4 Å². The summed E-state index contributed by atoms with van der Waals surface area (Å²) in [6.45, 7) is 4.44. The lowest BCUT2D eigenvalue weighted by Crippen LogP contribution is -2.33. The average molecular weight is 368 g/mol. The first-order chi connectivity index (χ1) is 13.0. The Kier molecular flexibility index (Phi) is 5.90. The van der Waals surface area contributed by atoms with Crippen LogP contribution in [0.1, 0.15) is 49.1 Å². The number of benzene rings is 1. The van der Waals surface area contributed by atoms with Gasteiger partial charge in [0.2, 0.25) is 5.91 Å². The van der Waals surface area contributed by atoms with Gasteiger partial charge in [-0.2, -0.15) is 0 Å². The van der Waals surface area contributed by atoms with Crippen LogP contribution in [-0.4, -0.2) is 28.3 Å². The van der Waals surface area contributed by atoms with Crippen LogP contribution in [0.25, 0.3) is 11.0 Å². The van der Waals surface area contributed by atoms with Crippen LogP contribution in [0.3, 0.4) is 0 Å². The van der Waals surface area contributed by atoms with Crippen LogP contribution in [0.5, 0.6) is 0 Å². The fourth-order valence-electron chi connectivity index (χ4n) is 2.90. The third kappa shape index (κ3) is 4.97. The van der Waals surface area contributed by atoms with Gasteiger partial charge in [0.1, 0.15) is 5.82 Å². The Morgan fingerprint density at radius 3 is 2.70 bits per heavy atom. The lowest BCUT2D eigenvalue weighted by atomic mass is 10.0. The van der Waals surface area contributed by atoms with Crippen LogP contribution in [0, 0.1) is 5.92 Å². The highest BCUT2D eigenvalue weighted by molar-refractivity contribution is 5.91. The number of aromatic nitrogens is 2. The number of rotatable bonds is 8. The number of amides is 2. The molecule has 142 valence electrons. The Hall–Kier alpha value is -3.09. The predicted molar refractivity (Wildman–Crippen MR) is 102 cm³/mol. The van der Waals surface area contributed by atoms with Crippen LogP contribution >= 0.6 is 0 Å². The second-order valence-corrected chi connectivity index (χ2v) is 6.87. The fourth-order valence-corrected chi connectivity index (χ4v) is 2.90. The highest BCUT2D eigenvalue weighted by Crippen LogP contribution is 2.22. The number of fused-ring (bicyclic) bond motifs is 1. The van der Waals surface area contributed by atoms with E-state index in [9.17, 15) is 9.59 Å². The summed E-state index contributed by atoms with van der Waals surface area (Å²) in [5.74, 6) is 0.903. The van der Waals surface area contributed by atoms with Crippen molar-refractivity contribution in [2.24, 2.45) is 5.92 Å². The number of carbonyl (C=O) groups is 2. The molecule has 2 aromatic heterocycles. The van der Waals surface area contributed by atoms with Crippen LogP contribution in [-0.2, 0) is 4.79 Å². The van der Waals surface area contributed by atoms with E-state index in [0.29, 0.717) is 5.92 Å². The summed E-state index contributed by atoms with van der Waals surface area (Å²) in [6.07, 6.45) is 2.39. The quantitative estimate of drug-likeness (QED) is 0.568. The molecule has 7 heteroatoms. The van der Waals surface area contributed by atoms with E-state index in [-0.39, 0.29) is 36.6 Å². The van der Waals surface area contributed by atoms with Crippen molar-refractivity contribution < 1.29 is 14.0 Å². The summed E-state index contributed by atoms with van der Waals surface area (Å²) in [5, 5.41) is 5.70. The highest BCUT2D eigenvalue weighted by atomic mass is 16.3. The van der Waals surface area contributed by atoms with Crippen LogP contribution < -0.4 is 10.6 Å². The molecule has 0 fully saturated rings. The van der Waals surface area contributed by atoms with E-state index in [0.717, 1.165) is 23.3 Å². The number of carbonyl (C=O) groups excluding carboxylic acids is 2. The smallest absolute Gasteiger partial charge is 0.286 e. The number of nitrogens with zero attached hydrogens (tertiary/aromatic N) is 1. The Bertz CT molecular complexity index is 866. The first-order valence-electron chi connectivity index (χ1n) is 9.08. The molecule has 3 rings (SSSR count). The van der Waals surface area contributed by atoms with Gasteiger partial charge in [-0.3, -0.25) is 9.59 Å². The second kappa shape index (κ2) is 8.53. The molecule has 27 heavy (non-hydrogen) atoms. The molecule has 0 aliphatic rings. The standard InChI is InChI=1S/C20H24N4O3/c1-13(2)12-16(19-23-14-6-3-4-7-15(14)24-19)22-18(25)9-10-21-20(26)17-8-5-11-27-17/h3-8,11,13,16H,9-10,12H2,1-2H3,(H,21,26)(H,22,25)(H,23,24)/t16-/m1/s1. The zero-order valence-corrected chi connectivity index (χ0v) is 15.5. The minimum absolute atomic E-state index is 0.138. The van der Waals surface area contributed by atoms with Gasteiger partial charge in [0.15, 0.2) is 5.76 Å². The van der Waals surface area contributed by atoms with Crippen molar-refractivity contribution >= 4 is 22.8 Å². The summed E-state index contributed by atoms with van der Waals surface area (Å²) in [6, 6.07) is 10.8. The maximum Gasteiger partial charge on any atom is 0.286 e. The Labute approximate surface area is 157 Å². The number of H-pyrrole nitrogens is 1. The molecule has 0 unspecified atom stereocenters. The van der Waals surface area contributed by atoms with Crippen molar-refractivity contribution in [2.75, 3.05) is 6.54 Å². The molecule has 0 bridgehead atoms. The van der Waals surface area contributed by atoms with Gasteiger partial charge < -0.3 is 20.0 Å². The molecule has 0 spiro atoms. The fraction of sp³-hybridized carbons (Fsp3) is 0.350. The Morgan fingerprint density at radius 2 is 2.00 bits per heavy atom. The molecule has 0 aliphatic heterocycles. The minimum atomic E-state index is -0.330. The van der Waals surface area contributed by atoms with Gasteiger partial charge >= 0.3 is 0 Å². The van der Waals surface area contributed by atoms with Crippen LogP contribution in [0.15, 0.2) is 47.1 Å². The zero-order valence-electron chi connectivity index (χ0n) is 15.5. The number of hydrogen-bond donors (Lipinski definition) is 3. The van der Waals surface area contributed by atoms with Crippen molar-refractivity contribution in [1.29, 1.82) is 0 Å². The topological polar surface area (TPSA) is 100 Å². The summed E-state index contributed by atoms with van der Waals surface area (Å²) in [5.41, 5.74) is 1.82. The molecule has 3 aromatic rings. The number of imidazole rings is 1. The largest absolute Gasteiger partial charge is 0.459 e. The molecular weight excluding hydrogens is 344 g/mol. The number of nitrogens with one attached hydrogen (secondary N) is 3. The number of hydrogen-bond acceptors (Lipinski definition) is 4. The summed E-state index contributed by atoms with van der Waals surface area (Å²) >= 11 is 0. The molecule has 1 atom stereocenters. The van der Waals surface area contributed by atoms with Crippen molar-refractivity contribution in [3.05, 3.63) is 54.2 Å². The maximum atomic E-state index is 12.4. The molecule has 7 nitrogen and oxygen atoms in total. The molecule has 3 N–H and O–H groups in total. The molecule has 0 saturated carbocycles. The molecule has 0 saturated heterocycles. The maximum absolute atomic E-state index is 12.4. The first kappa shape index (κ1) is 18.7. The Morgan fingerprint density at radius 1 is 1.19 bits per heavy atom. The van der Waals surface area contributed by atoms with Gasteiger partial charge in [0.25, 0.3) is 5.91 Å². The zero-order chi connectivity index (χ0) is 19.2. The number of para-hydroxylation sites is 2. The van der Waals surface area contributed by atoms with Crippen molar-refractivity contribution in [3.8, 4) is 0 Å². The van der Waals surface area contributed by atoms with Crippen molar-refractivity contribution in [3.63, 3.8) is 0 Å². The van der Waals surface area contributed by atoms with E-state index >= 15 is 0 Å². The van der Waals surface area contributed by atoms with Gasteiger partial charge in [-0.15, -0.1) is 0 Å². The van der Waals surface area contributed by atoms with Crippen LogP contribution in [0.2, 0.25) is 0 Å². The first-order valence-corrected chi connectivity index (χ1v) is 9.08. The van der Waals surface area contributed by atoms with Crippen molar-refractivity contribution in [2.45, 2.75) is 32.7 Å². The summed E-state index contributed by atoms with van der Waals surface area (Å²) in [4.78, 5) is 32.1. The van der Waals surface area contributed by atoms with Gasteiger partial charge in [-0.05, 0) is 36.6 Å². The summed E-state index contributed by atoms with van der Waals surface area (Å²) < 4.78 is 5.02. The lowest BCUT2D eigenvalue weighted by molar-refractivity contribution is -0.121. The second-order valence-electron chi connectivity index (χ2n) is 6.87. The third-order valence-electron chi connectivity index (χ3n) is 4.16. The van der Waals surface area contributed by atoms with E-state index in [1.54, 1.807) is 12.1 Å². The van der Waals surface area contributed by atoms with E-state index < -0.39 is 0 Å². The number of furan rings is 1. The highest BCUT2D eigenvalue weighted by Gasteiger charge is 2.20.